The molecule has 4 heteroatoms. The van der Waals surface area contributed by atoms with Crippen LogP contribution in [0.4, 0.5) is 28.4 Å². The van der Waals surface area contributed by atoms with E-state index in [1.807, 2.05) is 0 Å². The van der Waals surface area contributed by atoms with Gasteiger partial charge in [-0.2, -0.15) is 0 Å². The second-order valence-corrected chi connectivity index (χ2v) is 19.7. The molecule has 1 aromatic heterocycles. The van der Waals surface area contributed by atoms with Gasteiger partial charge in [0.05, 0.1) is 16.8 Å². The van der Waals surface area contributed by atoms with Crippen molar-refractivity contribution < 1.29 is 4.42 Å². The lowest BCUT2D eigenvalue weighted by Crippen LogP contribution is -2.61. The highest BCUT2D eigenvalue weighted by Gasteiger charge is 2.48. The van der Waals surface area contributed by atoms with E-state index in [-0.39, 0.29) is 17.7 Å². The highest BCUT2D eigenvalue weighted by molar-refractivity contribution is 6.94. The molecule has 8 aromatic carbocycles. The summed E-state index contributed by atoms with van der Waals surface area (Å²) in [7, 11) is 0. The van der Waals surface area contributed by atoms with Crippen LogP contribution in [0.25, 0.3) is 55.3 Å². The Balaban J connectivity index is 1.27. The van der Waals surface area contributed by atoms with Crippen LogP contribution in [-0.4, -0.2) is 6.85 Å². The minimum absolute atomic E-state index is 0.0415. The Hall–Kier alpha value is -6.78. The van der Waals surface area contributed by atoms with Gasteiger partial charge in [0.15, 0.2) is 0 Å². The van der Waals surface area contributed by atoms with E-state index in [0.29, 0.717) is 0 Å². The van der Waals surface area contributed by atoms with Crippen LogP contribution in [0.3, 0.4) is 0 Å². The third kappa shape index (κ3) is 5.95. The molecule has 0 radical (unpaired) electrons. The minimum atomic E-state index is -0.129. The molecule has 0 amide bonds. The van der Waals surface area contributed by atoms with E-state index >= 15 is 0 Å². The first-order valence-corrected chi connectivity index (χ1v) is 23.4. The molecule has 0 spiro atoms. The van der Waals surface area contributed by atoms with Crippen molar-refractivity contribution in [1.82, 2.24) is 0 Å². The van der Waals surface area contributed by atoms with Gasteiger partial charge in [-0.1, -0.05) is 150 Å². The first-order valence-electron chi connectivity index (χ1n) is 23.4. The summed E-state index contributed by atoms with van der Waals surface area (Å²) in [5.74, 6) is 0. The van der Waals surface area contributed by atoms with Gasteiger partial charge in [0, 0.05) is 33.6 Å². The third-order valence-corrected chi connectivity index (χ3v) is 14.9. The number of unbranched alkanes of at least 4 members (excludes halogenated alkanes) is 1. The molecule has 3 heterocycles. The van der Waals surface area contributed by atoms with Crippen LogP contribution in [-0.2, 0) is 17.3 Å². The Morgan fingerprint density at radius 1 is 0.547 bits per heavy atom. The molecule has 64 heavy (non-hydrogen) atoms. The number of benzene rings is 8. The summed E-state index contributed by atoms with van der Waals surface area (Å²) in [6.07, 6.45) is 5.67. The van der Waals surface area contributed by atoms with E-state index < -0.39 is 0 Å². The van der Waals surface area contributed by atoms with Gasteiger partial charge < -0.3 is 14.1 Å². The number of furan rings is 1. The monoisotopic (exact) mass is 828 g/mol. The second-order valence-electron chi connectivity index (χ2n) is 19.7. The predicted octanol–water partition coefficient (Wildman–Crippen LogP) is 15.3. The zero-order valence-electron chi connectivity index (χ0n) is 37.6. The molecule has 312 valence electrons. The molecule has 0 bridgehead atoms. The Kier molecular flexibility index (Phi) is 8.89. The number of fused-ring (bicyclic) bond motifs is 9. The molecule has 0 atom stereocenters. The topological polar surface area (TPSA) is 19.6 Å². The number of hydrogen-bond donors (Lipinski definition) is 0. The molecule has 1 aliphatic carbocycles. The normalized spacial score (nSPS) is 15.5. The molecule has 3 aliphatic rings. The van der Waals surface area contributed by atoms with Gasteiger partial charge in [0.1, 0.15) is 11.2 Å². The van der Waals surface area contributed by atoms with E-state index in [4.69, 9.17) is 4.42 Å². The van der Waals surface area contributed by atoms with Crippen molar-refractivity contribution in [1.29, 1.82) is 0 Å². The van der Waals surface area contributed by atoms with E-state index in [0.717, 1.165) is 54.0 Å². The van der Waals surface area contributed by atoms with Crippen molar-refractivity contribution in [3.8, 4) is 33.4 Å². The molecule has 2 aliphatic heterocycles. The maximum atomic E-state index is 6.80. The van der Waals surface area contributed by atoms with Crippen LogP contribution in [0.5, 0.6) is 0 Å². The lowest BCUT2D eigenvalue weighted by Gasteiger charge is -2.48. The summed E-state index contributed by atoms with van der Waals surface area (Å²) >= 11 is 0. The third-order valence-electron chi connectivity index (χ3n) is 14.9. The van der Waals surface area contributed by atoms with E-state index in [2.05, 4.69) is 214 Å². The van der Waals surface area contributed by atoms with E-state index in [1.165, 1.54) is 89.4 Å². The van der Waals surface area contributed by atoms with Gasteiger partial charge in [0.25, 0.3) is 0 Å². The van der Waals surface area contributed by atoms with Crippen LogP contribution in [0.2, 0.25) is 0 Å². The van der Waals surface area contributed by atoms with Crippen LogP contribution < -0.4 is 20.6 Å². The predicted molar refractivity (Wildman–Crippen MR) is 272 cm³/mol. The van der Waals surface area contributed by atoms with Crippen molar-refractivity contribution in [2.75, 3.05) is 9.71 Å². The molecule has 0 unspecified atom stereocenters. The highest BCUT2D eigenvalue weighted by Crippen LogP contribution is 2.55. The standard InChI is InChI=1S/C60H53BN2O/c1-6-7-19-39-28-30-51(45(34-39)41-22-13-9-14-23-41)62-53-36-42(40-20-11-8-12-21-40)35-47-46-37-48-49(60(4,5)33-32-59(48,2)3)38-52(46)63(43-24-15-10-16-25-43)61(57(47)53)50-29-31-55-56(58(50)62)44-26-17-18-27-54(44)64-55/h8-18,20-31,34-38H,6-7,19,32-33H2,1-5H3. The van der Waals surface area contributed by atoms with Crippen LogP contribution in [0.15, 0.2) is 174 Å². The summed E-state index contributed by atoms with van der Waals surface area (Å²) in [5, 5.41) is 2.27. The molecule has 12 rings (SSSR count). The molecular formula is C60H53BN2O. The molecule has 0 saturated carbocycles. The Bertz CT molecular complexity index is 3270. The first kappa shape index (κ1) is 38.9. The van der Waals surface area contributed by atoms with Crippen molar-refractivity contribution in [3.63, 3.8) is 0 Å². The Labute approximate surface area is 378 Å². The van der Waals surface area contributed by atoms with Gasteiger partial charge in [-0.05, 0) is 147 Å². The fourth-order valence-electron chi connectivity index (χ4n) is 11.4. The fraction of sp³-hybridized carbons (Fsp3) is 0.200. The smallest absolute Gasteiger partial charge is 0.333 e. The average Bonchev–Trinajstić information content (AvgIpc) is 3.72. The van der Waals surface area contributed by atoms with Gasteiger partial charge in [-0.15, -0.1) is 0 Å². The van der Waals surface area contributed by atoms with E-state index in [1.54, 1.807) is 0 Å². The lowest BCUT2D eigenvalue weighted by atomic mass is 9.43. The fourth-order valence-corrected chi connectivity index (χ4v) is 11.4. The zero-order chi connectivity index (χ0) is 43.3. The number of para-hydroxylation sites is 2. The molecule has 0 fully saturated rings. The Morgan fingerprint density at radius 3 is 1.95 bits per heavy atom. The van der Waals surface area contributed by atoms with Crippen molar-refractivity contribution in [2.24, 2.45) is 0 Å². The number of anilines is 5. The average molecular weight is 829 g/mol. The number of nitrogens with zero attached hydrogens (tertiary/aromatic N) is 2. The quantitative estimate of drug-likeness (QED) is 0.149. The summed E-state index contributed by atoms with van der Waals surface area (Å²) in [6.45, 7) is 12.0. The maximum Gasteiger partial charge on any atom is 0.333 e. The lowest BCUT2D eigenvalue weighted by molar-refractivity contribution is 0.332. The molecule has 9 aromatic rings. The summed E-state index contributed by atoms with van der Waals surface area (Å²) in [4.78, 5) is 5.31. The summed E-state index contributed by atoms with van der Waals surface area (Å²) in [5.41, 5.74) is 22.3. The SMILES string of the molecule is CCCCc1ccc(N2c3cc(-c4ccccc4)cc4c3B(c3ccc5oc6ccccc6c5c32)N(c2ccccc2)c2cc3c(cc2-4)C(C)(C)CCC3(C)C)c(-c2ccccc2)c1. The van der Waals surface area contributed by atoms with Crippen molar-refractivity contribution in [2.45, 2.75) is 77.6 Å². The molecule has 3 nitrogen and oxygen atoms in total. The Morgan fingerprint density at radius 2 is 1.22 bits per heavy atom. The summed E-state index contributed by atoms with van der Waals surface area (Å²) in [6, 6.07) is 63.9. The number of hydrogen-bond acceptors (Lipinski definition) is 3. The van der Waals surface area contributed by atoms with Crippen LogP contribution >= 0.6 is 0 Å². The van der Waals surface area contributed by atoms with Crippen LogP contribution in [0.1, 0.15) is 77.0 Å². The largest absolute Gasteiger partial charge is 0.456 e. The van der Waals surface area contributed by atoms with Gasteiger partial charge >= 0.3 is 6.85 Å². The molecule has 0 saturated heterocycles. The van der Waals surface area contributed by atoms with Gasteiger partial charge in [-0.3, -0.25) is 0 Å². The maximum absolute atomic E-state index is 6.80. The number of aryl methyl sites for hydroxylation is 1. The minimum Gasteiger partial charge on any atom is -0.456 e. The summed E-state index contributed by atoms with van der Waals surface area (Å²) < 4.78 is 6.80. The van der Waals surface area contributed by atoms with Gasteiger partial charge in [0.2, 0.25) is 0 Å². The molecule has 0 N–H and O–H groups in total. The van der Waals surface area contributed by atoms with Crippen LogP contribution in [0, 0.1) is 0 Å². The first-order chi connectivity index (χ1) is 31.2. The van der Waals surface area contributed by atoms with Gasteiger partial charge in [-0.25, -0.2) is 0 Å². The highest BCUT2D eigenvalue weighted by atomic mass is 16.3. The molecular weight excluding hydrogens is 775 g/mol. The number of rotatable bonds is 7. The van der Waals surface area contributed by atoms with Crippen molar-refractivity contribution in [3.05, 3.63) is 187 Å². The zero-order valence-corrected chi connectivity index (χ0v) is 37.6. The van der Waals surface area contributed by atoms with E-state index in [9.17, 15) is 0 Å². The second kappa shape index (κ2) is 14.6. The van der Waals surface area contributed by atoms with Crippen molar-refractivity contribution >= 4 is 68.1 Å².